The van der Waals surface area contributed by atoms with Crippen molar-refractivity contribution in [2.24, 2.45) is 23.2 Å². The van der Waals surface area contributed by atoms with Gasteiger partial charge in [0.25, 0.3) is 0 Å². The van der Waals surface area contributed by atoms with Gasteiger partial charge >= 0.3 is 0 Å². The summed E-state index contributed by atoms with van der Waals surface area (Å²) in [4.78, 5) is 0. The first kappa shape index (κ1) is 16.8. The van der Waals surface area contributed by atoms with E-state index in [0.29, 0.717) is 0 Å². The molecule has 0 radical (unpaired) electrons. The van der Waals surface area contributed by atoms with Crippen LogP contribution in [0.25, 0.3) is 0 Å². The molecule has 1 unspecified atom stereocenters. The number of hydrogen-bond acceptors (Lipinski definition) is 0. The van der Waals surface area contributed by atoms with E-state index in [0.717, 1.165) is 23.2 Å². The molecule has 0 aliphatic heterocycles. The van der Waals surface area contributed by atoms with Crippen LogP contribution in [-0.2, 0) is 0 Å². The third-order valence-electron chi connectivity index (χ3n) is 7.81. The quantitative estimate of drug-likeness (QED) is 0.493. The Bertz CT molecular complexity index is 288. The van der Waals surface area contributed by atoms with Gasteiger partial charge in [0.15, 0.2) is 0 Å². The Hall–Kier alpha value is 0. The fourth-order valence-corrected chi connectivity index (χ4v) is 6.85. The Kier molecular flexibility index (Phi) is 6.28. The van der Waals surface area contributed by atoms with E-state index in [1.54, 1.807) is 77.0 Å². The first-order chi connectivity index (χ1) is 10.9. The standard InChI is InChI=1S/C22H40/c1-2-3-12-19-17-10-11-18-22(19,20-13-6-4-7-14-20)21-15-8-5-9-16-21/h19-21H,2-18H2,1H3. The van der Waals surface area contributed by atoms with Crippen LogP contribution >= 0.6 is 0 Å². The molecule has 0 aromatic carbocycles. The summed E-state index contributed by atoms with van der Waals surface area (Å²) in [6.07, 6.45) is 26.3. The largest absolute Gasteiger partial charge is 0.0654 e. The highest BCUT2D eigenvalue weighted by Gasteiger charge is 2.50. The maximum Gasteiger partial charge on any atom is -0.0213 e. The van der Waals surface area contributed by atoms with Gasteiger partial charge in [-0.25, -0.2) is 0 Å². The van der Waals surface area contributed by atoms with Gasteiger partial charge in [0, 0.05) is 0 Å². The van der Waals surface area contributed by atoms with Gasteiger partial charge in [-0.1, -0.05) is 71.1 Å². The van der Waals surface area contributed by atoms with Crippen LogP contribution in [-0.4, -0.2) is 0 Å². The highest BCUT2D eigenvalue weighted by atomic mass is 14.5. The molecule has 0 amide bonds. The molecule has 3 rings (SSSR count). The second-order valence-corrected chi connectivity index (χ2v) is 8.87. The Morgan fingerprint density at radius 1 is 0.682 bits per heavy atom. The number of unbranched alkanes of at least 4 members (excludes halogenated alkanes) is 1. The van der Waals surface area contributed by atoms with E-state index in [1.807, 2.05) is 0 Å². The van der Waals surface area contributed by atoms with E-state index in [-0.39, 0.29) is 0 Å². The maximum absolute atomic E-state index is 2.39. The van der Waals surface area contributed by atoms with Crippen LogP contribution in [0.1, 0.15) is 116 Å². The van der Waals surface area contributed by atoms with Crippen molar-refractivity contribution < 1.29 is 0 Å². The SMILES string of the molecule is CCCCC1CCCCC1(C1CCCCC1)C1CCCCC1. The van der Waals surface area contributed by atoms with Crippen LogP contribution in [0, 0.1) is 23.2 Å². The topological polar surface area (TPSA) is 0 Å². The monoisotopic (exact) mass is 304 g/mol. The third-order valence-corrected chi connectivity index (χ3v) is 7.81. The second kappa shape index (κ2) is 8.20. The molecule has 0 heteroatoms. The Balaban J connectivity index is 1.84. The Labute approximate surface area is 139 Å². The van der Waals surface area contributed by atoms with Crippen LogP contribution in [0.15, 0.2) is 0 Å². The van der Waals surface area contributed by atoms with Gasteiger partial charge in [0.05, 0.1) is 0 Å². The summed E-state index contributed by atoms with van der Waals surface area (Å²) in [6, 6.07) is 0. The van der Waals surface area contributed by atoms with Crippen molar-refractivity contribution in [2.75, 3.05) is 0 Å². The van der Waals surface area contributed by atoms with E-state index < -0.39 is 0 Å². The molecule has 0 aromatic heterocycles. The number of rotatable bonds is 5. The van der Waals surface area contributed by atoms with E-state index in [9.17, 15) is 0 Å². The van der Waals surface area contributed by atoms with Crippen molar-refractivity contribution in [1.82, 2.24) is 0 Å². The molecule has 0 heterocycles. The van der Waals surface area contributed by atoms with Gasteiger partial charge < -0.3 is 0 Å². The lowest BCUT2D eigenvalue weighted by Crippen LogP contribution is -2.47. The van der Waals surface area contributed by atoms with Crippen molar-refractivity contribution >= 4 is 0 Å². The molecule has 22 heavy (non-hydrogen) atoms. The molecule has 3 fully saturated rings. The molecule has 0 N–H and O–H groups in total. The number of hydrogen-bond donors (Lipinski definition) is 0. The van der Waals surface area contributed by atoms with Gasteiger partial charge in [-0.05, 0) is 68.1 Å². The minimum absolute atomic E-state index is 0.786. The normalized spacial score (nSPS) is 31.2. The summed E-state index contributed by atoms with van der Waals surface area (Å²) in [7, 11) is 0. The fourth-order valence-electron chi connectivity index (χ4n) is 6.85. The van der Waals surface area contributed by atoms with Crippen LogP contribution in [0.3, 0.4) is 0 Å². The summed E-state index contributed by atoms with van der Waals surface area (Å²) < 4.78 is 0. The zero-order valence-corrected chi connectivity index (χ0v) is 15.3. The van der Waals surface area contributed by atoms with Crippen LogP contribution in [0.2, 0.25) is 0 Å². The van der Waals surface area contributed by atoms with Gasteiger partial charge in [-0.3, -0.25) is 0 Å². The maximum atomic E-state index is 2.39. The molecular weight excluding hydrogens is 264 g/mol. The van der Waals surface area contributed by atoms with Gasteiger partial charge in [0.2, 0.25) is 0 Å². The van der Waals surface area contributed by atoms with Crippen molar-refractivity contribution in [2.45, 2.75) is 116 Å². The van der Waals surface area contributed by atoms with Crippen molar-refractivity contribution in [3.63, 3.8) is 0 Å². The van der Waals surface area contributed by atoms with E-state index >= 15 is 0 Å². The highest BCUT2D eigenvalue weighted by Crippen LogP contribution is 2.60. The molecule has 1 atom stereocenters. The minimum atomic E-state index is 0.786. The lowest BCUT2D eigenvalue weighted by Gasteiger charge is -2.56. The molecular formula is C22H40. The molecule has 0 spiro atoms. The summed E-state index contributed by atoms with van der Waals surface area (Å²) >= 11 is 0. The molecule has 128 valence electrons. The summed E-state index contributed by atoms with van der Waals surface area (Å²) in [5.41, 5.74) is 0.786. The molecule has 3 saturated carbocycles. The lowest BCUT2D eigenvalue weighted by atomic mass is 9.49. The second-order valence-electron chi connectivity index (χ2n) is 8.87. The Morgan fingerprint density at radius 2 is 1.23 bits per heavy atom. The van der Waals surface area contributed by atoms with E-state index in [1.165, 1.54) is 32.1 Å². The first-order valence-electron chi connectivity index (χ1n) is 10.9. The molecule has 0 aromatic rings. The van der Waals surface area contributed by atoms with Gasteiger partial charge in [-0.2, -0.15) is 0 Å². The smallest absolute Gasteiger partial charge is 0.0213 e. The Morgan fingerprint density at radius 3 is 1.77 bits per heavy atom. The highest BCUT2D eigenvalue weighted by molar-refractivity contribution is 5.00. The minimum Gasteiger partial charge on any atom is -0.0654 e. The third kappa shape index (κ3) is 3.41. The fraction of sp³-hybridized carbons (Fsp3) is 1.00. The van der Waals surface area contributed by atoms with Crippen molar-refractivity contribution in [3.8, 4) is 0 Å². The van der Waals surface area contributed by atoms with Crippen LogP contribution in [0.4, 0.5) is 0 Å². The zero-order valence-electron chi connectivity index (χ0n) is 15.3. The average molecular weight is 305 g/mol. The predicted molar refractivity (Wildman–Crippen MR) is 97.1 cm³/mol. The van der Waals surface area contributed by atoms with Crippen molar-refractivity contribution in [3.05, 3.63) is 0 Å². The van der Waals surface area contributed by atoms with E-state index in [4.69, 9.17) is 0 Å². The first-order valence-corrected chi connectivity index (χ1v) is 10.9. The summed E-state index contributed by atoms with van der Waals surface area (Å²) in [5, 5.41) is 0. The van der Waals surface area contributed by atoms with Gasteiger partial charge in [-0.15, -0.1) is 0 Å². The van der Waals surface area contributed by atoms with Crippen molar-refractivity contribution in [1.29, 1.82) is 0 Å². The molecule has 3 aliphatic carbocycles. The molecule has 0 nitrogen and oxygen atoms in total. The average Bonchev–Trinajstić information content (AvgIpc) is 2.61. The van der Waals surface area contributed by atoms with Crippen LogP contribution < -0.4 is 0 Å². The molecule has 3 aliphatic rings. The zero-order chi connectivity index (χ0) is 15.3. The molecule has 0 bridgehead atoms. The van der Waals surface area contributed by atoms with Crippen LogP contribution in [0.5, 0.6) is 0 Å². The predicted octanol–water partition coefficient (Wildman–Crippen LogP) is 7.51. The molecule has 0 saturated heterocycles. The van der Waals surface area contributed by atoms with E-state index in [2.05, 4.69) is 6.92 Å². The summed E-state index contributed by atoms with van der Waals surface area (Å²) in [6.45, 7) is 2.39. The summed E-state index contributed by atoms with van der Waals surface area (Å²) in [5.74, 6) is 3.30. The van der Waals surface area contributed by atoms with Gasteiger partial charge in [0.1, 0.15) is 0 Å². The lowest BCUT2D eigenvalue weighted by molar-refractivity contribution is -0.0669.